The predicted octanol–water partition coefficient (Wildman–Crippen LogP) is 4.92. The standard InChI is InChI=1S/C25H31BrN2O3/c1-17-8-9-18(2)23(14-17)31-16-24(29)28(15-20-10-12-21(26)13-11-20)19(3)25(30)27-22-6-4-5-7-22/h8-14,19,22H,4-7,15-16H2,1-3H3,(H,27,30). The van der Waals surface area contributed by atoms with E-state index in [2.05, 4.69) is 21.2 Å². The van der Waals surface area contributed by atoms with E-state index in [1.165, 1.54) is 0 Å². The summed E-state index contributed by atoms with van der Waals surface area (Å²) in [5.41, 5.74) is 3.01. The third kappa shape index (κ3) is 6.57. The summed E-state index contributed by atoms with van der Waals surface area (Å²) in [4.78, 5) is 27.7. The lowest BCUT2D eigenvalue weighted by molar-refractivity contribution is -0.142. The molecule has 1 atom stereocenters. The molecule has 1 aliphatic rings. The first-order valence-corrected chi connectivity index (χ1v) is 11.7. The molecule has 0 aliphatic heterocycles. The van der Waals surface area contributed by atoms with Crippen LogP contribution in [0, 0.1) is 13.8 Å². The number of amides is 2. The van der Waals surface area contributed by atoms with E-state index < -0.39 is 6.04 Å². The van der Waals surface area contributed by atoms with Crippen LogP contribution in [-0.4, -0.2) is 35.4 Å². The number of carbonyl (C=O) groups excluding carboxylic acids is 2. The third-order valence-corrected chi connectivity index (χ3v) is 6.36. The van der Waals surface area contributed by atoms with Gasteiger partial charge in [-0.2, -0.15) is 0 Å². The number of carbonyl (C=O) groups is 2. The highest BCUT2D eigenvalue weighted by molar-refractivity contribution is 9.10. The van der Waals surface area contributed by atoms with Crippen LogP contribution in [0.25, 0.3) is 0 Å². The number of rotatable bonds is 8. The second-order valence-corrected chi connectivity index (χ2v) is 9.29. The number of halogens is 1. The zero-order valence-corrected chi connectivity index (χ0v) is 20.1. The van der Waals surface area contributed by atoms with Crippen molar-refractivity contribution < 1.29 is 14.3 Å². The van der Waals surface area contributed by atoms with Gasteiger partial charge < -0.3 is 15.0 Å². The van der Waals surface area contributed by atoms with Crippen LogP contribution in [0.4, 0.5) is 0 Å². The average molecular weight is 487 g/mol. The Labute approximate surface area is 193 Å². The van der Waals surface area contributed by atoms with Gasteiger partial charge >= 0.3 is 0 Å². The lowest BCUT2D eigenvalue weighted by atomic mass is 10.1. The number of benzene rings is 2. The van der Waals surface area contributed by atoms with Crippen LogP contribution in [0.5, 0.6) is 5.75 Å². The molecule has 0 aromatic heterocycles. The Morgan fingerprint density at radius 2 is 1.81 bits per heavy atom. The van der Waals surface area contributed by atoms with Gasteiger partial charge in [0.2, 0.25) is 5.91 Å². The van der Waals surface area contributed by atoms with Gasteiger partial charge in [0, 0.05) is 17.1 Å². The smallest absolute Gasteiger partial charge is 0.261 e. The Balaban J connectivity index is 1.72. The molecule has 1 fully saturated rings. The van der Waals surface area contributed by atoms with E-state index in [9.17, 15) is 9.59 Å². The van der Waals surface area contributed by atoms with Crippen molar-refractivity contribution in [2.75, 3.05) is 6.61 Å². The lowest BCUT2D eigenvalue weighted by Gasteiger charge is -2.29. The number of hydrogen-bond acceptors (Lipinski definition) is 3. The fourth-order valence-electron chi connectivity index (χ4n) is 3.85. The van der Waals surface area contributed by atoms with Crippen molar-refractivity contribution in [1.82, 2.24) is 10.2 Å². The molecular weight excluding hydrogens is 456 g/mol. The first kappa shape index (κ1) is 23.3. The van der Waals surface area contributed by atoms with Gasteiger partial charge in [-0.05, 0) is 68.5 Å². The minimum Gasteiger partial charge on any atom is -0.483 e. The number of nitrogens with zero attached hydrogens (tertiary/aromatic N) is 1. The highest BCUT2D eigenvalue weighted by Crippen LogP contribution is 2.21. The summed E-state index contributed by atoms with van der Waals surface area (Å²) in [7, 11) is 0. The minimum atomic E-state index is -0.584. The lowest BCUT2D eigenvalue weighted by Crippen LogP contribution is -2.50. The molecule has 1 saturated carbocycles. The van der Waals surface area contributed by atoms with Crippen LogP contribution in [-0.2, 0) is 16.1 Å². The SMILES string of the molecule is Cc1ccc(C)c(OCC(=O)N(Cc2ccc(Br)cc2)C(C)C(=O)NC2CCCC2)c1. The van der Waals surface area contributed by atoms with Crippen molar-refractivity contribution in [1.29, 1.82) is 0 Å². The normalized spacial score (nSPS) is 14.8. The fourth-order valence-corrected chi connectivity index (χ4v) is 4.11. The van der Waals surface area contributed by atoms with Gasteiger partial charge in [-0.25, -0.2) is 0 Å². The number of aryl methyl sites for hydroxylation is 2. The molecule has 3 rings (SSSR count). The maximum absolute atomic E-state index is 13.2. The van der Waals surface area contributed by atoms with E-state index in [1.54, 1.807) is 11.8 Å². The first-order chi connectivity index (χ1) is 14.8. The zero-order valence-electron chi connectivity index (χ0n) is 18.5. The van der Waals surface area contributed by atoms with Crippen LogP contribution in [0.2, 0.25) is 0 Å². The number of ether oxygens (including phenoxy) is 1. The molecule has 1 N–H and O–H groups in total. The van der Waals surface area contributed by atoms with E-state index in [1.807, 2.05) is 56.3 Å². The fraction of sp³-hybridized carbons (Fsp3) is 0.440. The van der Waals surface area contributed by atoms with Crippen molar-refractivity contribution in [3.63, 3.8) is 0 Å². The molecule has 2 aromatic rings. The maximum Gasteiger partial charge on any atom is 0.261 e. The molecule has 166 valence electrons. The summed E-state index contributed by atoms with van der Waals surface area (Å²) in [6.45, 7) is 5.97. The molecule has 5 nitrogen and oxygen atoms in total. The summed E-state index contributed by atoms with van der Waals surface area (Å²) < 4.78 is 6.82. The van der Waals surface area contributed by atoms with Gasteiger partial charge in [0.1, 0.15) is 11.8 Å². The summed E-state index contributed by atoms with van der Waals surface area (Å²) >= 11 is 3.44. The van der Waals surface area contributed by atoms with E-state index in [4.69, 9.17) is 4.74 Å². The topological polar surface area (TPSA) is 58.6 Å². The van der Waals surface area contributed by atoms with E-state index >= 15 is 0 Å². The molecule has 2 amide bonds. The molecule has 1 aliphatic carbocycles. The van der Waals surface area contributed by atoms with Crippen LogP contribution in [0.3, 0.4) is 0 Å². The Morgan fingerprint density at radius 3 is 2.48 bits per heavy atom. The number of hydrogen-bond donors (Lipinski definition) is 1. The van der Waals surface area contributed by atoms with Gasteiger partial charge in [-0.1, -0.05) is 53.0 Å². The molecule has 0 heterocycles. The minimum absolute atomic E-state index is 0.107. The number of nitrogens with one attached hydrogen (secondary N) is 1. The van der Waals surface area contributed by atoms with Gasteiger partial charge in [-0.3, -0.25) is 9.59 Å². The molecule has 0 radical (unpaired) electrons. The van der Waals surface area contributed by atoms with Gasteiger partial charge in [0.05, 0.1) is 0 Å². The second-order valence-electron chi connectivity index (χ2n) is 8.37. The summed E-state index contributed by atoms with van der Waals surface area (Å²) in [6.07, 6.45) is 4.30. The van der Waals surface area contributed by atoms with Gasteiger partial charge in [0.15, 0.2) is 6.61 Å². The van der Waals surface area contributed by atoms with Crippen LogP contribution < -0.4 is 10.1 Å². The molecule has 0 bridgehead atoms. The largest absolute Gasteiger partial charge is 0.483 e. The zero-order chi connectivity index (χ0) is 22.4. The average Bonchev–Trinajstić information content (AvgIpc) is 3.26. The molecule has 1 unspecified atom stereocenters. The van der Waals surface area contributed by atoms with Crippen molar-refractivity contribution in [2.24, 2.45) is 0 Å². The molecule has 2 aromatic carbocycles. The monoisotopic (exact) mass is 486 g/mol. The predicted molar refractivity (Wildman–Crippen MR) is 126 cm³/mol. The summed E-state index contributed by atoms with van der Waals surface area (Å²) in [5, 5.41) is 3.12. The highest BCUT2D eigenvalue weighted by atomic mass is 79.9. The highest BCUT2D eigenvalue weighted by Gasteiger charge is 2.28. The van der Waals surface area contributed by atoms with Crippen molar-refractivity contribution in [3.05, 3.63) is 63.6 Å². The maximum atomic E-state index is 13.2. The Morgan fingerprint density at radius 1 is 1.13 bits per heavy atom. The third-order valence-electron chi connectivity index (χ3n) is 5.83. The molecule has 0 saturated heterocycles. The van der Waals surface area contributed by atoms with Gasteiger partial charge in [0.25, 0.3) is 5.91 Å². The molecular formula is C25H31BrN2O3. The molecule has 0 spiro atoms. The molecule has 6 heteroatoms. The van der Waals surface area contributed by atoms with E-state index in [0.717, 1.165) is 46.8 Å². The Hall–Kier alpha value is -2.34. The van der Waals surface area contributed by atoms with Crippen LogP contribution in [0.15, 0.2) is 46.9 Å². The second kappa shape index (κ2) is 10.8. The van der Waals surface area contributed by atoms with Gasteiger partial charge in [-0.15, -0.1) is 0 Å². The first-order valence-electron chi connectivity index (χ1n) is 10.9. The van der Waals surface area contributed by atoms with Crippen LogP contribution >= 0.6 is 15.9 Å². The summed E-state index contributed by atoms with van der Waals surface area (Å²) in [6, 6.07) is 13.3. The summed E-state index contributed by atoms with van der Waals surface area (Å²) in [5.74, 6) is 0.377. The van der Waals surface area contributed by atoms with E-state index in [-0.39, 0.29) is 24.5 Å². The van der Waals surface area contributed by atoms with Crippen molar-refractivity contribution in [2.45, 2.75) is 65.1 Å². The van der Waals surface area contributed by atoms with E-state index in [0.29, 0.717) is 12.3 Å². The van der Waals surface area contributed by atoms with Crippen molar-refractivity contribution in [3.8, 4) is 5.75 Å². The Bertz CT molecular complexity index is 907. The Kier molecular flexibility index (Phi) is 8.13. The van der Waals surface area contributed by atoms with Crippen LogP contribution in [0.1, 0.15) is 49.3 Å². The quantitative estimate of drug-likeness (QED) is 0.575. The molecule has 31 heavy (non-hydrogen) atoms. The van der Waals surface area contributed by atoms with Crippen molar-refractivity contribution >= 4 is 27.7 Å².